The Balaban J connectivity index is 2.27. The Morgan fingerprint density at radius 1 is 1.64 bits per heavy atom. The zero-order valence-electron chi connectivity index (χ0n) is 6.38. The fourth-order valence-electron chi connectivity index (χ4n) is 1.03. The predicted octanol–water partition coefficient (Wildman–Crippen LogP) is 0.978. The summed E-state index contributed by atoms with van der Waals surface area (Å²) in [6, 6.07) is 0. The van der Waals surface area contributed by atoms with E-state index in [1.165, 1.54) is 0 Å². The first-order valence-corrected chi connectivity index (χ1v) is 4.88. The van der Waals surface area contributed by atoms with Gasteiger partial charge in [-0.1, -0.05) is 15.9 Å². The number of nitrogens with zero attached hydrogens (tertiary/aromatic N) is 1. The number of amides is 1. The van der Waals surface area contributed by atoms with Gasteiger partial charge in [-0.15, -0.1) is 0 Å². The topological polar surface area (TPSA) is 29.5 Å². The van der Waals surface area contributed by atoms with E-state index in [2.05, 4.69) is 15.9 Å². The lowest BCUT2D eigenvalue weighted by Gasteiger charge is -2.26. The smallest absolute Gasteiger partial charge is 0.225 e. The number of hydrogen-bond acceptors (Lipinski definition) is 2. The molecule has 0 aromatic carbocycles. The number of hydrogen-bond donors (Lipinski definition) is 0. The first-order chi connectivity index (χ1) is 5.34. The molecule has 1 rings (SSSR count). The first kappa shape index (κ1) is 9.00. The molecule has 0 bridgehead atoms. The highest BCUT2D eigenvalue weighted by Crippen LogP contribution is 2.04. The molecule has 1 heterocycles. The van der Waals surface area contributed by atoms with Crippen molar-refractivity contribution in [1.82, 2.24) is 4.90 Å². The predicted molar refractivity (Wildman–Crippen MR) is 45.6 cm³/mol. The molecule has 0 aliphatic carbocycles. The van der Waals surface area contributed by atoms with Crippen LogP contribution in [0.5, 0.6) is 0 Å². The van der Waals surface area contributed by atoms with Crippen LogP contribution in [0.4, 0.5) is 0 Å². The minimum absolute atomic E-state index is 0.182. The Bertz CT molecular complexity index is 134. The van der Waals surface area contributed by atoms with Gasteiger partial charge >= 0.3 is 0 Å². The van der Waals surface area contributed by atoms with E-state index in [9.17, 15) is 4.79 Å². The first-order valence-electron chi connectivity index (χ1n) is 3.76. The summed E-state index contributed by atoms with van der Waals surface area (Å²) in [5, 5.41) is 0.738. The maximum absolute atomic E-state index is 11.2. The second kappa shape index (κ2) is 4.72. The minimum atomic E-state index is 0.182. The molecule has 3 nitrogen and oxygen atoms in total. The van der Waals surface area contributed by atoms with Gasteiger partial charge in [-0.2, -0.15) is 0 Å². The average Bonchev–Trinajstić information content (AvgIpc) is 2.07. The van der Waals surface area contributed by atoms with Gasteiger partial charge in [0.05, 0.1) is 6.61 Å². The molecular formula is C7H12BrNO2. The Morgan fingerprint density at radius 2 is 2.45 bits per heavy atom. The molecular weight excluding hydrogens is 210 g/mol. The van der Waals surface area contributed by atoms with Crippen LogP contribution in [0.2, 0.25) is 0 Å². The van der Waals surface area contributed by atoms with Gasteiger partial charge in [0, 0.05) is 18.3 Å². The van der Waals surface area contributed by atoms with Gasteiger partial charge in [0.15, 0.2) is 0 Å². The lowest BCUT2D eigenvalue weighted by atomic mass is 10.3. The van der Waals surface area contributed by atoms with Gasteiger partial charge < -0.3 is 9.64 Å². The Morgan fingerprint density at radius 3 is 3.00 bits per heavy atom. The van der Waals surface area contributed by atoms with Crippen LogP contribution in [0.25, 0.3) is 0 Å². The lowest BCUT2D eigenvalue weighted by molar-refractivity contribution is -0.140. The van der Waals surface area contributed by atoms with E-state index in [0.717, 1.165) is 24.9 Å². The van der Waals surface area contributed by atoms with E-state index in [4.69, 9.17) is 4.74 Å². The van der Waals surface area contributed by atoms with Crippen LogP contribution < -0.4 is 0 Å². The van der Waals surface area contributed by atoms with Crippen molar-refractivity contribution < 1.29 is 9.53 Å². The van der Waals surface area contributed by atoms with Crippen molar-refractivity contribution in [3.05, 3.63) is 0 Å². The summed E-state index contributed by atoms with van der Waals surface area (Å²) in [4.78, 5) is 13.0. The number of carbonyl (C=O) groups excluding carboxylic acids is 1. The second-order valence-corrected chi connectivity index (χ2v) is 3.28. The molecule has 1 fully saturated rings. The molecule has 0 spiro atoms. The molecule has 1 aliphatic heterocycles. The van der Waals surface area contributed by atoms with Crippen molar-refractivity contribution in [3.8, 4) is 0 Å². The summed E-state index contributed by atoms with van der Waals surface area (Å²) in [6.45, 7) is 2.12. The quantitative estimate of drug-likeness (QED) is 0.651. The number of rotatable bonds is 2. The van der Waals surface area contributed by atoms with Crippen molar-refractivity contribution in [2.24, 2.45) is 0 Å². The lowest BCUT2D eigenvalue weighted by Crippen LogP contribution is -2.38. The van der Waals surface area contributed by atoms with Crippen LogP contribution >= 0.6 is 15.9 Å². The normalized spacial score (nSPS) is 18.5. The molecule has 64 valence electrons. The molecule has 1 saturated heterocycles. The second-order valence-electron chi connectivity index (χ2n) is 2.49. The van der Waals surface area contributed by atoms with E-state index >= 15 is 0 Å². The number of alkyl halides is 1. The number of carbonyl (C=O) groups is 1. The fourth-order valence-corrected chi connectivity index (χ4v) is 1.37. The van der Waals surface area contributed by atoms with Crippen molar-refractivity contribution in [3.63, 3.8) is 0 Å². The molecule has 0 aromatic rings. The van der Waals surface area contributed by atoms with Gasteiger partial charge in [-0.3, -0.25) is 4.79 Å². The van der Waals surface area contributed by atoms with Crippen LogP contribution in [0, 0.1) is 0 Å². The molecule has 0 N–H and O–H groups in total. The van der Waals surface area contributed by atoms with E-state index < -0.39 is 0 Å². The number of halogens is 1. The third-order valence-corrected chi connectivity index (χ3v) is 2.02. The number of ether oxygens (including phenoxy) is 1. The van der Waals surface area contributed by atoms with Crippen molar-refractivity contribution in [2.45, 2.75) is 12.8 Å². The molecule has 1 amide bonds. The van der Waals surface area contributed by atoms with Gasteiger partial charge in [0.1, 0.15) is 6.73 Å². The maximum atomic E-state index is 11.2. The maximum Gasteiger partial charge on any atom is 0.225 e. The van der Waals surface area contributed by atoms with Crippen LogP contribution in [-0.2, 0) is 9.53 Å². The molecule has 0 saturated carbocycles. The Hall–Kier alpha value is -0.0900. The summed E-state index contributed by atoms with van der Waals surface area (Å²) in [5.41, 5.74) is 0. The van der Waals surface area contributed by atoms with Crippen molar-refractivity contribution in [2.75, 3.05) is 25.2 Å². The summed E-state index contributed by atoms with van der Waals surface area (Å²) >= 11 is 3.23. The summed E-state index contributed by atoms with van der Waals surface area (Å²) in [6.07, 6.45) is 1.54. The zero-order valence-corrected chi connectivity index (χ0v) is 7.97. The SMILES string of the molecule is O=C(CCBr)N1CCCOC1. The van der Waals surface area contributed by atoms with Gasteiger partial charge in [-0.25, -0.2) is 0 Å². The van der Waals surface area contributed by atoms with Crippen LogP contribution in [0.1, 0.15) is 12.8 Å². The highest BCUT2D eigenvalue weighted by Gasteiger charge is 2.15. The Kier molecular flexibility index (Phi) is 3.86. The molecule has 0 aromatic heterocycles. The standard InChI is InChI=1S/C7H12BrNO2/c8-3-2-7(10)9-4-1-5-11-6-9/h1-6H2. The largest absolute Gasteiger partial charge is 0.361 e. The molecule has 0 unspecified atom stereocenters. The van der Waals surface area contributed by atoms with E-state index in [1.807, 2.05) is 0 Å². The van der Waals surface area contributed by atoms with Crippen LogP contribution in [-0.4, -0.2) is 36.0 Å². The highest BCUT2D eigenvalue weighted by molar-refractivity contribution is 9.09. The van der Waals surface area contributed by atoms with Crippen molar-refractivity contribution in [1.29, 1.82) is 0 Å². The fraction of sp³-hybridized carbons (Fsp3) is 0.857. The molecule has 1 aliphatic rings. The van der Waals surface area contributed by atoms with E-state index in [0.29, 0.717) is 13.2 Å². The van der Waals surface area contributed by atoms with Crippen molar-refractivity contribution >= 4 is 21.8 Å². The Labute approximate surface area is 74.8 Å². The van der Waals surface area contributed by atoms with Gasteiger partial charge in [-0.05, 0) is 6.42 Å². The van der Waals surface area contributed by atoms with E-state index in [-0.39, 0.29) is 5.91 Å². The molecule has 11 heavy (non-hydrogen) atoms. The van der Waals surface area contributed by atoms with E-state index in [1.54, 1.807) is 4.90 Å². The van der Waals surface area contributed by atoms with Gasteiger partial charge in [0.25, 0.3) is 0 Å². The summed E-state index contributed by atoms with van der Waals surface area (Å²) < 4.78 is 5.14. The van der Waals surface area contributed by atoms with Crippen LogP contribution in [0.15, 0.2) is 0 Å². The molecule has 4 heteroatoms. The third kappa shape index (κ3) is 2.79. The van der Waals surface area contributed by atoms with Crippen LogP contribution in [0.3, 0.4) is 0 Å². The van der Waals surface area contributed by atoms with Gasteiger partial charge in [0.2, 0.25) is 5.91 Å². The average molecular weight is 222 g/mol. The molecule has 0 atom stereocenters. The highest BCUT2D eigenvalue weighted by atomic mass is 79.9. The monoisotopic (exact) mass is 221 g/mol. The molecule has 0 radical (unpaired) electrons. The minimum Gasteiger partial charge on any atom is -0.361 e. The summed E-state index contributed by atoms with van der Waals surface area (Å²) in [7, 11) is 0. The summed E-state index contributed by atoms with van der Waals surface area (Å²) in [5.74, 6) is 0.182. The zero-order chi connectivity index (χ0) is 8.10. The third-order valence-electron chi connectivity index (χ3n) is 1.62.